The van der Waals surface area contributed by atoms with Gasteiger partial charge in [0.05, 0.1) is 5.60 Å². The molecular formula is C12H25IOSi. The Labute approximate surface area is 110 Å². The van der Waals surface area contributed by atoms with Crippen LogP contribution in [-0.4, -0.2) is 13.9 Å². The Hall–Kier alpha value is 0.647. The van der Waals surface area contributed by atoms with Crippen molar-refractivity contribution in [3.8, 4) is 0 Å². The van der Waals surface area contributed by atoms with E-state index in [1.807, 2.05) is 0 Å². The Balaban J connectivity index is 4.32. The fraction of sp³-hybridized carbons (Fsp3) is 0.833. The lowest BCUT2D eigenvalue weighted by molar-refractivity contribution is 0.119. The van der Waals surface area contributed by atoms with E-state index < -0.39 is 8.32 Å². The highest BCUT2D eigenvalue weighted by Crippen LogP contribution is 2.26. The summed E-state index contributed by atoms with van der Waals surface area (Å²) in [6.45, 7) is 11.2. The van der Waals surface area contributed by atoms with Crippen LogP contribution in [0.25, 0.3) is 0 Å². The van der Waals surface area contributed by atoms with Crippen molar-refractivity contribution in [2.45, 2.75) is 64.8 Å². The van der Waals surface area contributed by atoms with Crippen LogP contribution in [0, 0.1) is 0 Å². The van der Waals surface area contributed by atoms with E-state index in [0.29, 0.717) is 0 Å². The molecule has 0 spiro atoms. The standard InChI is InChI=1S/C12H25IOSi/c1-6-7-8-9-12(2,10-11-13)14-15(3,4)5/h10-11H,6-9H2,1-5H3. The summed E-state index contributed by atoms with van der Waals surface area (Å²) in [4.78, 5) is 0. The van der Waals surface area contributed by atoms with Gasteiger partial charge in [-0.25, -0.2) is 0 Å². The Morgan fingerprint density at radius 3 is 2.27 bits per heavy atom. The van der Waals surface area contributed by atoms with E-state index in [1.54, 1.807) is 0 Å². The van der Waals surface area contributed by atoms with Crippen molar-refractivity contribution in [1.29, 1.82) is 0 Å². The molecule has 1 atom stereocenters. The molecule has 0 fully saturated rings. The van der Waals surface area contributed by atoms with Crippen LogP contribution >= 0.6 is 22.6 Å². The van der Waals surface area contributed by atoms with Crippen molar-refractivity contribution < 1.29 is 4.43 Å². The van der Waals surface area contributed by atoms with Crippen molar-refractivity contribution in [3.05, 3.63) is 10.2 Å². The van der Waals surface area contributed by atoms with Gasteiger partial charge in [-0.3, -0.25) is 0 Å². The highest BCUT2D eigenvalue weighted by atomic mass is 127. The van der Waals surface area contributed by atoms with Crippen LogP contribution in [0.2, 0.25) is 19.6 Å². The highest BCUT2D eigenvalue weighted by Gasteiger charge is 2.28. The van der Waals surface area contributed by atoms with E-state index in [9.17, 15) is 0 Å². The molecule has 1 nitrogen and oxygen atoms in total. The highest BCUT2D eigenvalue weighted by molar-refractivity contribution is 14.1. The molecule has 90 valence electrons. The number of unbranched alkanes of at least 4 members (excludes halogenated alkanes) is 2. The molecule has 0 N–H and O–H groups in total. The molecule has 0 aliphatic heterocycles. The zero-order valence-corrected chi connectivity index (χ0v) is 13.9. The van der Waals surface area contributed by atoms with Gasteiger partial charge in [0.15, 0.2) is 8.32 Å². The maximum atomic E-state index is 6.26. The van der Waals surface area contributed by atoms with E-state index in [1.165, 1.54) is 19.3 Å². The summed E-state index contributed by atoms with van der Waals surface area (Å²) in [6.07, 6.45) is 7.20. The molecule has 0 amide bonds. The molecule has 1 unspecified atom stereocenters. The van der Waals surface area contributed by atoms with Crippen molar-refractivity contribution >= 4 is 30.9 Å². The maximum absolute atomic E-state index is 6.26. The number of hydrogen-bond acceptors (Lipinski definition) is 1. The molecule has 0 heterocycles. The van der Waals surface area contributed by atoms with Crippen molar-refractivity contribution in [3.63, 3.8) is 0 Å². The average molecular weight is 340 g/mol. The van der Waals surface area contributed by atoms with Gasteiger partial charge in [-0.05, 0) is 43.1 Å². The smallest absolute Gasteiger partial charge is 0.184 e. The minimum Gasteiger partial charge on any atom is -0.409 e. The maximum Gasteiger partial charge on any atom is 0.184 e. The molecule has 0 saturated heterocycles. The van der Waals surface area contributed by atoms with E-state index in [2.05, 4.69) is 66.2 Å². The number of rotatable bonds is 7. The van der Waals surface area contributed by atoms with Crippen LogP contribution in [0.5, 0.6) is 0 Å². The molecule has 0 aromatic heterocycles. The fourth-order valence-electron chi connectivity index (χ4n) is 1.73. The third-order valence-corrected chi connectivity index (χ3v) is 3.67. The molecule has 0 rings (SSSR count). The SMILES string of the molecule is CCCCCC(C)(C=CI)O[Si](C)(C)C. The monoisotopic (exact) mass is 340 g/mol. The van der Waals surface area contributed by atoms with E-state index >= 15 is 0 Å². The lowest BCUT2D eigenvalue weighted by Crippen LogP contribution is -2.39. The summed E-state index contributed by atoms with van der Waals surface area (Å²) >= 11 is 2.28. The van der Waals surface area contributed by atoms with Crippen molar-refractivity contribution in [2.75, 3.05) is 0 Å². The predicted octanol–water partition coefficient (Wildman–Crippen LogP) is 5.13. The van der Waals surface area contributed by atoms with Crippen LogP contribution in [-0.2, 0) is 4.43 Å². The third kappa shape index (κ3) is 8.45. The van der Waals surface area contributed by atoms with Gasteiger partial charge in [-0.2, -0.15) is 0 Å². The zero-order chi connectivity index (χ0) is 11.9. The van der Waals surface area contributed by atoms with E-state index in [-0.39, 0.29) is 5.60 Å². The summed E-state index contributed by atoms with van der Waals surface area (Å²) in [5, 5.41) is 0. The molecule has 0 aromatic carbocycles. The Bertz CT molecular complexity index is 198. The molecule has 3 heteroatoms. The first kappa shape index (κ1) is 15.6. The van der Waals surface area contributed by atoms with Crippen LogP contribution in [0.15, 0.2) is 10.2 Å². The Morgan fingerprint density at radius 1 is 1.27 bits per heavy atom. The lowest BCUT2D eigenvalue weighted by atomic mass is 9.99. The van der Waals surface area contributed by atoms with E-state index in [4.69, 9.17) is 4.43 Å². The Kier molecular flexibility index (Phi) is 7.37. The first-order valence-corrected chi connectivity index (χ1v) is 10.5. The molecule has 0 bridgehead atoms. The molecule has 0 aliphatic carbocycles. The van der Waals surface area contributed by atoms with Crippen LogP contribution in [0.3, 0.4) is 0 Å². The minimum absolute atomic E-state index is 0.0408. The van der Waals surface area contributed by atoms with Gasteiger partial charge in [0.1, 0.15) is 0 Å². The van der Waals surface area contributed by atoms with Gasteiger partial charge in [-0.15, -0.1) is 0 Å². The summed E-state index contributed by atoms with van der Waals surface area (Å²) in [5.74, 6) is 0. The van der Waals surface area contributed by atoms with Crippen molar-refractivity contribution in [2.24, 2.45) is 0 Å². The molecular weight excluding hydrogens is 315 g/mol. The molecule has 0 aromatic rings. The zero-order valence-electron chi connectivity index (χ0n) is 10.8. The second kappa shape index (κ2) is 7.07. The third-order valence-electron chi connectivity index (χ3n) is 2.23. The van der Waals surface area contributed by atoms with Crippen LogP contribution in [0.1, 0.15) is 39.5 Å². The predicted molar refractivity (Wildman–Crippen MR) is 80.1 cm³/mol. The van der Waals surface area contributed by atoms with Gasteiger partial charge in [-0.1, -0.05) is 48.8 Å². The van der Waals surface area contributed by atoms with Crippen LogP contribution in [0.4, 0.5) is 0 Å². The normalized spacial score (nSPS) is 16.9. The topological polar surface area (TPSA) is 9.23 Å². The number of hydrogen-bond donors (Lipinski definition) is 0. The minimum atomic E-state index is -1.44. The van der Waals surface area contributed by atoms with Gasteiger partial charge in [0.25, 0.3) is 0 Å². The Morgan fingerprint density at radius 2 is 1.87 bits per heavy atom. The van der Waals surface area contributed by atoms with Gasteiger partial charge in [0.2, 0.25) is 0 Å². The first-order chi connectivity index (χ1) is 6.83. The largest absolute Gasteiger partial charge is 0.409 e. The molecule has 15 heavy (non-hydrogen) atoms. The molecule has 0 aliphatic rings. The molecule has 0 radical (unpaired) electrons. The summed E-state index contributed by atoms with van der Waals surface area (Å²) in [6, 6.07) is 0. The summed E-state index contributed by atoms with van der Waals surface area (Å²) in [5.41, 5.74) is -0.0408. The summed E-state index contributed by atoms with van der Waals surface area (Å²) < 4.78 is 8.35. The number of halogens is 1. The average Bonchev–Trinajstić information content (AvgIpc) is 2.01. The van der Waals surface area contributed by atoms with Crippen molar-refractivity contribution in [1.82, 2.24) is 0 Å². The van der Waals surface area contributed by atoms with Gasteiger partial charge >= 0.3 is 0 Å². The second-order valence-electron chi connectivity index (χ2n) is 5.28. The fourth-order valence-corrected chi connectivity index (χ4v) is 4.06. The molecule has 0 saturated carbocycles. The second-order valence-corrected chi connectivity index (χ2v) is 10.4. The first-order valence-electron chi connectivity index (χ1n) is 5.81. The van der Waals surface area contributed by atoms with Gasteiger partial charge in [0, 0.05) is 0 Å². The lowest BCUT2D eigenvalue weighted by Gasteiger charge is -2.34. The van der Waals surface area contributed by atoms with Gasteiger partial charge < -0.3 is 4.43 Å². The van der Waals surface area contributed by atoms with Crippen LogP contribution < -0.4 is 0 Å². The van der Waals surface area contributed by atoms with E-state index in [0.717, 1.165) is 6.42 Å². The quantitative estimate of drug-likeness (QED) is 0.355. The summed E-state index contributed by atoms with van der Waals surface area (Å²) in [7, 11) is -1.44.